The van der Waals surface area contributed by atoms with Crippen LogP contribution in [0.5, 0.6) is 0 Å². The van der Waals surface area contributed by atoms with E-state index in [2.05, 4.69) is 30.6 Å². The predicted molar refractivity (Wildman–Crippen MR) is 68.4 cm³/mol. The van der Waals surface area contributed by atoms with Gasteiger partial charge in [0.25, 0.3) is 0 Å². The van der Waals surface area contributed by atoms with Gasteiger partial charge in [-0.2, -0.15) is 0 Å². The Hall–Kier alpha value is -1.15. The number of nitrogens with zero attached hydrogens (tertiary/aromatic N) is 1. The van der Waals surface area contributed by atoms with Crippen LogP contribution < -0.4 is 0 Å². The molecule has 0 radical (unpaired) electrons. The summed E-state index contributed by atoms with van der Waals surface area (Å²) < 4.78 is 0. The van der Waals surface area contributed by atoms with Crippen LogP contribution in [0.4, 0.5) is 0 Å². The molecule has 0 unspecified atom stereocenters. The maximum absolute atomic E-state index is 11.1. The van der Waals surface area contributed by atoms with E-state index in [1.807, 2.05) is 13.0 Å². The lowest BCUT2D eigenvalue weighted by atomic mass is 10.1. The first-order valence-electron chi connectivity index (χ1n) is 5.82. The molecule has 0 atom stereocenters. The summed E-state index contributed by atoms with van der Waals surface area (Å²) in [6.07, 6.45) is 7.50. The summed E-state index contributed by atoms with van der Waals surface area (Å²) >= 11 is 0. The molecule has 16 heavy (non-hydrogen) atoms. The fourth-order valence-electron chi connectivity index (χ4n) is 1.71. The third-order valence-electron chi connectivity index (χ3n) is 2.84. The van der Waals surface area contributed by atoms with Gasteiger partial charge in [-0.3, -0.25) is 9.69 Å². The Bertz CT molecular complexity index is 316. The van der Waals surface area contributed by atoms with E-state index in [0.29, 0.717) is 5.78 Å². The largest absolute Gasteiger partial charge is 0.300 e. The van der Waals surface area contributed by atoms with E-state index >= 15 is 0 Å². The van der Waals surface area contributed by atoms with Crippen LogP contribution in [0, 0.1) is 0 Å². The maximum Gasteiger partial charge on any atom is 0.135 e. The second-order valence-electron chi connectivity index (χ2n) is 4.44. The van der Waals surface area contributed by atoms with Crippen LogP contribution in [-0.2, 0) is 4.79 Å². The maximum atomic E-state index is 11.1. The highest BCUT2D eigenvalue weighted by molar-refractivity contribution is 5.79. The minimum atomic E-state index is 0.403. The Morgan fingerprint density at radius 3 is 2.50 bits per heavy atom. The van der Waals surface area contributed by atoms with Gasteiger partial charge < -0.3 is 0 Å². The van der Waals surface area contributed by atoms with Crippen molar-refractivity contribution < 1.29 is 4.79 Å². The molecule has 1 heterocycles. The van der Waals surface area contributed by atoms with Crippen molar-refractivity contribution in [1.82, 2.24) is 4.90 Å². The molecule has 88 valence electrons. The number of ketones is 1. The summed E-state index contributed by atoms with van der Waals surface area (Å²) in [5.41, 5.74) is 2.50. The molecule has 1 rings (SSSR count). The van der Waals surface area contributed by atoms with Gasteiger partial charge in [0.2, 0.25) is 0 Å². The Morgan fingerprint density at radius 1 is 1.31 bits per heavy atom. The first-order chi connectivity index (χ1) is 7.61. The van der Waals surface area contributed by atoms with Crippen molar-refractivity contribution in [3.63, 3.8) is 0 Å². The molecule has 2 heteroatoms. The van der Waals surface area contributed by atoms with Crippen molar-refractivity contribution in [1.29, 1.82) is 0 Å². The highest BCUT2D eigenvalue weighted by Crippen LogP contribution is 2.08. The van der Waals surface area contributed by atoms with Gasteiger partial charge in [0.15, 0.2) is 0 Å². The van der Waals surface area contributed by atoms with Crippen molar-refractivity contribution in [2.75, 3.05) is 19.6 Å². The fraction of sp³-hybridized carbons (Fsp3) is 0.500. The summed E-state index contributed by atoms with van der Waals surface area (Å²) in [5.74, 6) is 0.403. The van der Waals surface area contributed by atoms with Crippen LogP contribution in [0.15, 0.2) is 36.0 Å². The standard InChI is InChI=1S/C14H21NO/c1-4-12(2)5-6-13(3)11-15-9-7-14(16)8-10-15/h4-6H,1,7-11H2,2-3H3/b12-5-,13-6+. The van der Waals surface area contributed by atoms with Gasteiger partial charge in [0.05, 0.1) is 0 Å². The molecule has 0 aromatic carbocycles. The van der Waals surface area contributed by atoms with Gasteiger partial charge in [-0.15, -0.1) is 0 Å². The third kappa shape index (κ3) is 4.58. The summed E-state index contributed by atoms with van der Waals surface area (Å²) in [6, 6.07) is 0. The molecule has 1 aliphatic rings. The lowest BCUT2D eigenvalue weighted by Gasteiger charge is -2.25. The molecule has 1 saturated heterocycles. The number of carbonyl (C=O) groups is 1. The third-order valence-corrected chi connectivity index (χ3v) is 2.84. The monoisotopic (exact) mass is 219 g/mol. The lowest BCUT2D eigenvalue weighted by molar-refractivity contribution is -0.121. The number of likely N-dealkylation sites (tertiary alicyclic amines) is 1. The summed E-state index contributed by atoms with van der Waals surface area (Å²) in [5, 5.41) is 0. The Morgan fingerprint density at radius 2 is 1.94 bits per heavy atom. The van der Waals surface area contributed by atoms with Gasteiger partial charge in [0, 0.05) is 32.5 Å². The van der Waals surface area contributed by atoms with Crippen molar-refractivity contribution in [3.8, 4) is 0 Å². The van der Waals surface area contributed by atoms with Gasteiger partial charge in [-0.1, -0.05) is 36.0 Å². The Kier molecular flexibility index (Phi) is 5.20. The van der Waals surface area contributed by atoms with E-state index in [4.69, 9.17) is 0 Å². The molecular formula is C14H21NO. The number of carbonyl (C=O) groups excluding carboxylic acids is 1. The van der Waals surface area contributed by atoms with Gasteiger partial charge in [-0.05, 0) is 13.8 Å². The molecule has 2 nitrogen and oxygen atoms in total. The molecule has 0 aliphatic carbocycles. The minimum absolute atomic E-state index is 0.403. The minimum Gasteiger partial charge on any atom is -0.300 e. The van der Waals surface area contributed by atoms with E-state index in [1.165, 1.54) is 11.1 Å². The molecular weight excluding hydrogens is 198 g/mol. The normalized spacial score (nSPS) is 20.0. The van der Waals surface area contributed by atoms with Gasteiger partial charge in [-0.25, -0.2) is 0 Å². The zero-order valence-corrected chi connectivity index (χ0v) is 10.3. The van der Waals surface area contributed by atoms with Crippen LogP contribution in [0.2, 0.25) is 0 Å². The van der Waals surface area contributed by atoms with Crippen molar-refractivity contribution in [3.05, 3.63) is 36.0 Å². The molecule has 1 fully saturated rings. The Balaban J connectivity index is 2.42. The zero-order valence-electron chi connectivity index (χ0n) is 10.3. The Labute approximate surface area is 98.3 Å². The van der Waals surface area contributed by atoms with Crippen molar-refractivity contribution in [2.24, 2.45) is 0 Å². The summed E-state index contributed by atoms with van der Waals surface area (Å²) in [7, 11) is 0. The van der Waals surface area contributed by atoms with E-state index in [0.717, 1.165) is 32.5 Å². The van der Waals surface area contributed by atoms with Crippen LogP contribution in [0.25, 0.3) is 0 Å². The number of hydrogen-bond donors (Lipinski definition) is 0. The van der Waals surface area contributed by atoms with Crippen molar-refractivity contribution >= 4 is 5.78 Å². The average molecular weight is 219 g/mol. The number of allylic oxidation sites excluding steroid dienone is 4. The van der Waals surface area contributed by atoms with E-state index in [-0.39, 0.29) is 0 Å². The second-order valence-corrected chi connectivity index (χ2v) is 4.44. The van der Waals surface area contributed by atoms with Crippen LogP contribution in [0.1, 0.15) is 26.7 Å². The quantitative estimate of drug-likeness (QED) is 0.678. The number of rotatable bonds is 4. The number of piperidine rings is 1. The molecule has 0 spiro atoms. The molecule has 0 N–H and O–H groups in total. The van der Waals surface area contributed by atoms with E-state index in [9.17, 15) is 4.79 Å². The first kappa shape index (κ1) is 12.9. The predicted octanol–water partition coefficient (Wildman–Crippen LogP) is 2.73. The van der Waals surface area contributed by atoms with Crippen molar-refractivity contribution in [2.45, 2.75) is 26.7 Å². The smallest absolute Gasteiger partial charge is 0.135 e. The average Bonchev–Trinajstić information content (AvgIpc) is 2.29. The molecule has 0 amide bonds. The van der Waals surface area contributed by atoms with Crippen LogP contribution in [0.3, 0.4) is 0 Å². The van der Waals surface area contributed by atoms with Gasteiger partial charge in [0.1, 0.15) is 5.78 Å². The number of Topliss-reactive ketones (excluding diaryl/α,β-unsaturated/α-hetero) is 1. The second kappa shape index (κ2) is 6.44. The highest BCUT2D eigenvalue weighted by atomic mass is 16.1. The molecule has 0 aromatic heterocycles. The molecule has 0 bridgehead atoms. The lowest BCUT2D eigenvalue weighted by Crippen LogP contribution is -2.34. The highest BCUT2D eigenvalue weighted by Gasteiger charge is 2.15. The van der Waals surface area contributed by atoms with Crippen LogP contribution in [-0.4, -0.2) is 30.3 Å². The first-order valence-corrected chi connectivity index (χ1v) is 5.82. The summed E-state index contributed by atoms with van der Waals surface area (Å²) in [6.45, 7) is 10.7. The number of hydrogen-bond acceptors (Lipinski definition) is 2. The van der Waals surface area contributed by atoms with Gasteiger partial charge >= 0.3 is 0 Å². The molecule has 1 aliphatic heterocycles. The van der Waals surface area contributed by atoms with E-state index < -0.39 is 0 Å². The SMILES string of the molecule is C=C/C(C)=C\C=C(/C)CN1CCC(=O)CC1. The molecule has 0 saturated carbocycles. The van der Waals surface area contributed by atoms with E-state index in [1.54, 1.807) is 0 Å². The topological polar surface area (TPSA) is 20.3 Å². The zero-order chi connectivity index (χ0) is 12.0. The fourth-order valence-corrected chi connectivity index (χ4v) is 1.71. The molecule has 0 aromatic rings. The summed E-state index contributed by atoms with van der Waals surface area (Å²) in [4.78, 5) is 13.4. The van der Waals surface area contributed by atoms with Crippen LogP contribution >= 0.6 is 0 Å².